The van der Waals surface area contributed by atoms with Crippen molar-refractivity contribution in [3.05, 3.63) is 52.7 Å². The highest BCUT2D eigenvalue weighted by atomic mass is 35.5. The topological polar surface area (TPSA) is 62.2 Å². The van der Waals surface area contributed by atoms with Crippen LogP contribution in [0.15, 0.2) is 30.5 Å². The third kappa shape index (κ3) is 2.79. The molecular formula is C12H7ClF2N2O2. The van der Waals surface area contributed by atoms with Crippen LogP contribution >= 0.6 is 11.6 Å². The molecule has 19 heavy (non-hydrogen) atoms. The molecule has 0 fully saturated rings. The number of hydrogen-bond donors (Lipinski definition) is 2. The molecule has 4 nitrogen and oxygen atoms in total. The number of nitrogens with zero attached hydrogens (tertiary/aromatic N) is 1. The molecule has 2 N–H and O–H groups in total. The molecule has 0 aliphatic rings. The van der Waals surface area contributed by atoms with Gasteiger partial charge in [0.15, 0.2) is 0 Å². The third-order valence-corrected chi connectivity index (χ3v) is 2.60. The van der Waals surface area contributed by atoms with Gasteiger partial charge in [-0.25, -0.2) is 18.6 Å². The van der Waals surface area contributed by atoms with Crippen molar-refractivity contribution in [2.45, 2.75) is 0 Å². The van der Waals surface area contributed by atoms with E-state index >= 15 is 0 Å². The SMILES string of the molecule is O=C(O)c1cc(Nc2c(F)cccc2F)ncc1Cl. The van der Waals surface area contributed by atoms with Crippen LogP contribution in [0, 0.1) is 11.6 Å². The van der Waals surface area contributed by atoms with E-state index in [9.17, 15) is 13.6 Å². The lowest BCUT2D eigenvalue weighted by Gasteiger charge is -2.08. The Morgan fingerprint density at radius 1 is 1.32 bits per heavy atom. The Bertz CT molecular complexity index is 629. The molecule has 0 saturated carbocycles. The maximum atomic E-state index is 13.4. The summed E-state index contributed by atoms with van der Waals surface area (Å²) >= 11 is 5.64. The summed E-state index contributed by atoms with van der Waals surface area (Å²) in [7, 11) is 0. The van der Waals surface area contributed by atoms with Crippen molar-refractivity contribution in [1.29, 1.82) is 0 Å². The van der Waals surface area contributed by atoms with E-state index in [1.54, 1.807) is 0 Å². The van der Waals surface area contributed by atoms with Gasteiger partial charge in [-0.15, -0.1) is 0 Å². The molecule has 0 spiro atoms. The molecule has 1 aromatic carbocycles. The first-order valence-corrected chi connectivity index (χ1v) is 5.46. The quantitative estimate of drug-likeness (QED) is 0.906. The molecule has 7 heteroatoms. The fraction of sp³-hybridized carbons (Fsp3) is 0. The Balaban J connectivity index is 2.39. The molecule has 0 atom stereocenters. The lowest BCUT2D eigenvalue weighted by Crippen LogP contribution is -2.03. The van der Waals surface area contributed by atoms with E-state index in [-0.39, 0.29) is 16.4 Å². The number of hydrogen-bond acceptors (Lipinski definition) is 3. The summed E-state index contributed by atoms with van der Waals surface area (Å²) in [6.45, 7) is 0. The number of carbonyl (C=O) groups is 1. The molecular weight excluding hydrogens is 278 g/mol. The average molecular weight is 285 g/mol. The highest BCUT2D eigenvalue weighted by Gasteiger charge is 2.13. The number of benzene rings is 1. The van der Waals surface area contributed by atoms with Crippen molar-refractivity contribution < 1.29 is 18.7 Å². The Hall–Kier alpha value is -2.21. The molecule has 98 valence electrons. The molecule has 0 saturated heterocycles. The summed E-state index contributed by atoms with van der Waals surface area (Å²) in [5, 5.41) is 11.2. The van der Waals surface area contributed by atoms with Crippen LogP contribution in [0.3, 0.4) is 0 Å². The van der Waals surface area contributed by atoms with E-state index in [0.29, 0.717) is 0 Å². The van der Waals surface area contributed by atoms with Crippen molar-refractivity contribution in [2.75, 3.05) is 5.32 Å². The molecule has 0 unspecified atom stereocenters. The van der Waals surface area contributed by atoms with Crippen LogP contribution in [-0.4, -0.2) is 16.1 Å². The predicted molar refractivity (Wildman–Crippen MR) is 65.8 cm³/mol. The van der Waals surface area contributed by atoms with Gasteiger partial charge in [0.2, 0.25) is 0 Å². The summed E-state index contributed by atoms with van der Waals surface area (Å²) in [6, 6.07) is 4.45. The first kappa shape index (κ1) is 13.2. The molecule has 2 rings (SSSR count). The fourth-order valence-corrected chi connectivity index (χ4v) is 1.60. The van der Waals surface area contributed by atoms with Crippen molar-refractivity contribution in [1.82, 2.24) is 4.98 Å². The van der Waals surface area contributed by atoms with Crippen LogP contribution in [0.1, 0.15) is 10.4 Å². The van der Waals surface area contributed by atoms with Crippen LogP contribution in [0.2, 0.25) is 5.02 Å². The van der Waals surface area contributed by atoms with Crippen LogP contribution in [0.5, 0.6) is 0 Å². The second kappa shape index (κ2) is 5.19. The Labute approximate surface area is 111 Å². The lowest BCUT2D eigenvalue weighted by atomic mass is 10.2. The number of aromatic nitrogens is 1. The summed E-state index contributed by atoms with van der Waals surface area (Å²) in [5.41, 5.74) is -0.621. The van der Waals surface area contributed by atoms with E-state index < -0.39 is 23.3 Å². The van der Waals surface area contributed by atoms with Gasteiger partial charge in [-0.05, 0) is 18.2 Å². The minimum atomic E-state index is -1.26. The maximum absolute atomic E-state index is 13.4. The van der Waals surface area contributed by atoms with Gasteiger partial charge in [-0.1, -0.05) is 17.7 Å². The van der Waals surface area contributed by atoms with Gasteiger partial charge in [-0.2, -0.15) is 0 Å². The number of halogens is 3. The minimum absolute atomic E-state index is 0.0224. The number of nitrogens with one attached hydrogen (secondary N) is 1. The number of aromatic carboxylic acids is 1. The molecule has 2 aromatic rings. The first-order valence-electron chi connectivity index (χ1n) is 5.09. The van der Waals surface area contributed by atoms with Crippen molar-refractivity contribution >= 4 is 29.1 Å². The zero-order valence-corrected chi connectivity index (χ0v) is 10.1. The minimum Gasteiger partial charge on any atom is -0.478 e. The zero-order valence-electron chi connectivity index (χ0n) is 9.32. The molecule has 0 radical (unpaired) electrons. The monoisotopic (exact) mass is 284 g/mol. The average Bonchev–Trinajstić information content (AvgIpc) is 2.35. The Kier molecular flexibility index (Phi) is 3.62. The molecule has 1 heterocycles. The number of anilines is 2. The van der Waals surface area contributed by atoms with E-state index in [1.807, 2.05) is 0 Å². The van der Waals surface area contributed by atoms with Crippen LogP contribution < -0.4 is 5.32 Å². The van der Waals surface area contributed by atoms with Crippen molar-refractivity contribution in [2.24, 2.45) is 0 Å². The molecule has 0 bridgehead atoms. The predicted octanol–water partition coefficient (Wildman–Crippen LogP) is 3.46. The fourth-order valence-electron chi connectivity index (χ4n) is 1.42. The number of carboxylic acid groups (broad SMARTS) is 1. The smallest absolute Gasteiger partial charge is 0.337 e. The maximum Gasteiger partial charge on any atom is 0.337 e. The molecule has 0 amide bonds. The first-order chi connectivity index (χ1) is 8.99. The van der Waals surface area contributed by atoms with Gasteiger partial charge in [0.1, 0.15) is 23.1 Å². The van der Waals surface area contributed by atoms with E-state index in [2.05, 4.69) is 10.3 Å². The highest BCUT2D eigenvalue weighted by Crippen LogP contribution is 2.24. The van der Waals surface area contributed by atoms with E-state index in [4.69, 9.17) is 16.7 Å². The van der Waals surface area contributed by atoms with Gasteiger partial charge in [0.05, 0.1) is 10.6 Å². The second-order valence-electron chi connectivity index (χ2n) is 3.58. The summed E-state index contributed by atoms with van der Waals surface area (Å²) in [5.74, 6) is -2.91. The van der Waals surface area contributed by atoms with Crippen LogP contribution in [0.25, 0.3) is 0 Å². The van der Waals surface area contributed by atoms with Gasteiger partial charge in [0.25, 0.3) is 0 Å². The molecule has 0 aliphatic heterocycles. The number of rotatable bonds is 3. The highest BCUT2D eigenvalue weighted by molar-refractivity contribution is 6.33. The second-order valence-corrected chi connectivity index (χ2v) is 3.98. The number of para-hydroxylation sites is 1. The van der Waals surface area contributed by atoms with Gasteiger partial charge < -0.3 is 10.4 Å². The van der Waals surface area contributed by atoms with Gasteiger partial charge in [-0.3, -0.25) is 0 Å². The van der Waals surface area contributed by atoms with Crippen LogP contribution in [0.4, 0.5) is 20.3 Å². The normalized spacial score (nSPS) is 10.3. The number of pyridine rings is 1. The van der Waals surface area contributed by atoms with Gasteiger partial charge in [0, 0.05) is 6.20 Å². The lowest BCUT2D eigenvalue weighted by molar-refractivity contribution is 0.0697. The molecule has 0 aliphatic carbocycles. The molecule has 1 aromatic heterocycles. The van der Waals surface area contributed by atoms with Crippen molar-refractivity contribution in [3.8, 4) is 0 Å². The summed E-state index contributed by atoms with van der Waals surface area (Å²) in [4.78, 5) is 14.6. The van der Waals surface area contributed by atoms with E-state index in [1.165, 1.54) is 6.07 Å². The third-order valence-electron chi connectivity index (χ3n) is 2.30. The Morgan fingerprint density at radius 2 is 1.95 bits per heavy atom. The number of carboxylic acids is 1. The van der Waals surface area contributed by atoms with Crippen LogP contribution in [-0.2, 0) is 0 Å². The largest absolute Gasteiger partial charge is 0.478 e. The van der Waals surface area contributed by atoms with Crippen molar-refractivity contribution in [3.63, 3.8) is 0 Å². The summed E-state index contributed by atoms with van der Waals surface area (Å²) in [6.07, 6.45) is 1.09. The summed E-state index contributed by atoms with van der Waals surface area (Å²) < 4.78 is 26.8. The standard InChI is InChI=1S/C12H7ClF2N2O2/c13-7-5-16-10(4-6(7)12(18)19)17-11-8(14)2-1-3-9(11)15/h1-5H,(H,16,17)(H,18,19). The zero-order chi connectivity index (χ0) is 14.0. The Morgan fingerprint density at radius 3 is 2.53 bits per heavy atom. The van der Waals surface area contributed by atoms with E-state index in [0.717, 1.165) is 24.4 Å². The van der Waals surface area contributed by atoms with Gasteiger partial charge >= 0.3 is 5.97 Å².